The molecule has 0 spiro atoms. The standard InChI is InChI=1S/C21H24N4O2/c1-16(2)18-9-6-10-19(13-18)21(23-24-22)11-12-25(15-21)20(26)27-14-17-7-4-3-5-8-17/h3-10,13,16H,11-12,14-15H2,1-2H3. The molecule has 0 aliphatic carbocycles. The van der Waals surface area contributed by atoms with Gasteiger partial charge in [-0.05, 0) is 34.6 Å². The van der Waals surface area contributed by atoms with E-state index in [4.69, 9.17) is 10.3 Å². The average Bonchev–Trinajstić information content (AvgIpc) is 3.13. The van der Waals surface area contributed by atoms with Crippen LogP contribution < -0.4 is 0 Å². The zero-order chi connectivity index (χ0) is 19.3. The van der Waals surface area contributed by atoms with E-state index in [1.54, 1.807) is 4.90 Å². The average molecular weight is 364 g/mol. The van der Waals surface area contributed by atoms with Gasteiger partial charge in [0, 0.05) is 18.0 Å². The first kappa shape index (κ1) is 18.8. The summed E-state index contributed by atoms with van der Waals surface area (Å²) in [5.41, 5.74) is 11.5. The van der Waals surface area contributed by atoms with Gasteiger partial charge in [0.2, 0.25) is 0 Å². The number of nitrogens with zero attached hydrogens (tertiary/aromatic N) is 4. The van der Waals surface area contributed by atoms with Crippen LogP contribution in [0.4, 0.5) is 4.79 Å². The maximum Gasteiger partial charge on any atom is 0.410 e. The van der Waals surface area contributed by atoms with Crippen LogP contribution in [-0.2, 0) is 16.9 Å². The van der Waals surface area contributed by atoms with Gasteiger partial charge in [-0.15, -0.1) is 0 Å². The number of rotatable bonds is 5. The minimum atomic E-state index is -0.745. The second kappa shape index (κ2) is 8.14. The number of amides is 1. The van der Waals surface area contributed by atoms with Crippen LogP contribution in [0.15, 0.2) is 59.7 Å². The molecule has 1 aliphatic rings. The second-order valence-corrected chi connectivity index (χ2v) is 7.21. The predicted molar refractivity (Wildman–Crippen MR) is 104 cm³/mol. The van der Waals surface area contributed by atoms with E-state index in [1.165, 1.54) is 5.56 Å². The molecular weight excluding hydrogens is 340 g/mol. The molecular formula is C21H24N4O2. The Balaban J connectivity index is 1.74. The quantitative estimate of drug-likeness (QED) is 0.407. The first-order chi connectivity index (χ1) is 13.0. The zero-order valence-corrected chi connectivity index (χ0v) is 15.7. The number of benzene rings is 2. The van der Waals surface area contributed by atoms with Gasteiger partial charge in [0.1, 0.15) is 6.61 Å². The van der Waals surface area contributed by atoms with Crippen LogP contribution in [0, 0.1) is 0 Å². The Morgan fingerprint density at radius 2 is 2.04 bits per heavy atom. The molecule has 0 bridgehead atoms. The molecule has 27 heavy (non-hydrogen) atoms. The van der Waals surface area contributed by atoms with E-state index in [2.05, 4.69) is 36.0 Å². The summed E-state index contributed by atoms with van der Waals surface area (Å²) in [6.07, 6.45) is 0.202. The third kappa shape index (κ3) is 4.23. The summed E-state index contributed by atoms with van der Waals surface area (Å²) in [7, 11) is 0. The van der Waals surface area contributed by atoms with Crippen LogP contribution in [0.25, 0.3) is 10.4 Å². The Morgan fingerprint density at radius 3 is 2.74 bits per heavy atom. The number of carbonyl (C=O) groups is 1. The smallest absolute Gasteiger partial charge is 0.410 e. The second-order valence-electron chi connectivity index (χ2n) is 7.21. The fraction of sp³-hybridized carbons (Fsp3) is 0.381. The van der Waals surface area contributed by atoms with Gasteiger partial charge in [-0.25, -0.2) is 4.79 Å². The lowest BCUT2D eigenvalue weighted by atomic mass is 9.87. The minimum absolute atomic E-state index is 0.230. The van der Waals surface area contributed by atoms with Gasteiger partial charge in [-0.1, -0.05) is 73.6 Å². The highest BCUT2D eigenvalue weighted by molar-refractivity contribution is 5.68. The lowest BCUT2D eigenvalue weighted by Crippen LogP contribution is -2.33. The fourth-order valence-corrected chi connectivity index (χ4v) is 3.41. The van der Waals surface area contributed by atoms with Crippen molar-refractivity contribution in [1.29, 1.82) is 0 Å². The Morgan fingerprint density at radius 1 is 1.26 bits per heavy atom. The van der Waals surface area contributed by atoms with E-state index in [-0.39, 0.29) is 12.7 Å². The molecule has 1 unspecified atom stereocenters. The van der Waals surface area contributed by atoms with Crippen LogP contribution in [0.5, 0.6) is 0 Å². The predicted octanol–water partition coefficient (Wildman–Crippen LogP) is 5.36. The van der Waals surface area contributed by atoms with Gasteiger partial charge in [0.05, 0.1) is 5.54 Å². The highest BCUT2D eigenvalue weighted by atomic mass is 16.6. The topological polar surface area (TPSA) is 78.3 Å². The number of likely N-dealkylation sites (tertiary alicyclic amines) is 1. The largest absolute Gasteiger partial charge is 0.445 e. The first-order valence-electron chi connectivity index (χ1n) is 9.16. The van der Waals surface area contributed by atoms with E-state index >= 15 is 0 Å². The summed E-state index contributed by atoms with van der Waals surface area (Å²) in [5.74, 6) is 0.376. The van der Waals surface area contributed by atoms with Crippen molar-refractivity contribution in [2.24, 2.45) is 5.11 Å². The summed E-state index contributed by atoms with van der Waals surface area (Å²) in [4.78, 5) is 17.2. The van der Waals surface area contributed by atoms with Crippen molar-refractivity contribution in [3.63, 3.8) is 0 Å². The third-order valence-corrected chi connectivity index (χ3v) is 5.04. The highest BCUT2D eigenvalue weighted by Crippen LogP contribution is 2.37. The van der Waals surface area contributed by atoms with Gasteiger partial charge < -0.3 is 9.64 Å². The molecule has 6 nitrogen and oxygen atoms in total. The molecule has 6 heteroatoms. The minimum Gasteiger partial charge on any atom is -0.445 e. The van der Waals surface area contributed by atoms with Crippen molar-refractivity contribution < 1.29 is 9.53 Å². The number of ether oxygens (including phenoxy) is 1. The maximum absolute atomic E-state index is 12.5. The van der Waals surface area contributed by atoms with Crippen LogP contribution in [-0.4, -0.2) is 24.1 Å². The molecule has 1 atom stereocenters. The van der Waals surface area contributed by atoms with E-state index in [0.717, 1.165) is 11.1 Å². The SMILES string of the molecule is CC(C)c1cccc(C2(N=[N+]=[N-])CCN(C(=O)OCc3ccccc3)C2)c1. The highest BCUT2D eigenvalue weighted by Gasteiger charge is 2.41. The summed E-state index contributed by atoms with van der Waals surface area (Å²) in [5, 5.41) is 4.11. The molecule has 1 fully saturated rings. The van der Waals surface area contributed by atoms with E-state index in [9.17, 15) is 4.79 Å². The lowest BCUT2D eigenvalue weighted by molar-refractivity contribution is 0.102. The fourth-order valence-electron chi connectivity index (χ4n) is 3.41. The molecule has 3 rings (SSSR count). The molecule has 2 aromatic carbocycles. The van der Waals surface area contributed by atoms with Crippen molar-refractivity contribution in [2.45, 2.75) is 38.3 Å². The molecule has 1 amide bonds. The number of hydrogen-bond donors (Lipinski definition) is 0. The maximum atomic E-state index is 12.5. The molecule has 1 aliphatic heterocycles. The van der Waals surface area contributed by atoms with Crippen molar-refractivity contribution in [3.05, 3.63) is 81.7 Å². The third-order valence-electron chi connectivity index (χ3n) is 5.04. The van der Waals surface area contributed by atoms with Gasteiger partial charge in [-0.3, -0.25) is 0 Å². The van der Waals surface area contributed by atoms with E-state index in [1.807, 2.05) is 42.5 Å². The summed E-state index contributed by atoms with van der Waals surface area (Å²) in [6, 6.07) is 17.7. The number of azide groups is 1. The van der Waals surface area contributed by atoms with Crippen LogP contribution in [0.3, 0.4) is 0 Å². The Bertz CT molecular complexity index is 846. The molecule has 0 saturated carbocycles. The van der Waals surface area contributed by atoms with Gasteiger partial charge >= 0.3 is 6.09 Å². The summed E-state index contributed by atoms with van der Waals surface area (Å²) < 4.78 is 5.43. The van der Waals surface area contributed by atoms with E-state index < -0.39 is 5.54 Å². The van der Waals surface area contributed by atoms with Gasteiger partial charge in [0.15, 0.2) is 0 Å². The van der Waals surface area contributed by atoms with Crippen LogP contribution in [0.2, 0.25) is 0 Å². The van der Waals surface area contributed by atoms with Crippen LogP contribution >= 0.6 is 0 Å². The lowest BCUT2D eigenvalue weighted by Gasteiger charge is -2.25. The summed E-state index contributed by atoms with van der Waals surface area (Å²) in [6.45, 7) is 5.31. The Labute approximate surface area is 159 Å². The van der Waals surface area contributed by atoms with Crippen LogP contribution in [0.1, 0.15) is 42.9 Å². The molecule has 140 valence electrons. The number of hydrogen-bond acceptors (Lipinski definition) is 3. The molecule has 0 radical (unpaired) electrons. The zero-order valence-electron chi connectivity index (χ0n) is 15.7. The Kier molecular flexibility index (Phi) is 5.67. The number of carbonyl (C=O) groups excluding carboxylic acids is 1. The molecule has 1 heterocycles. The summed E-state index contributed by atoms with van der Waals surface area (Å²) >= 11 is 0. The van der Waals surface area contributed by atoms with Crippen molar-refractivity contribution >= 4 is 6.09 Å². The van der Waals surface area contributed by atoms with Gasteiger partial charge in [0.25, 0.3) is 0 Å². The van der Waals surface area contributed by atoms with Crippen molar-refractivity contribution in [3.8, 4) is 0 Å². The van der Waals surface area contributed by atoms with Gasteiger partial charge in [-0.2, -0.15) is 0 Å². The normalized spacial score (nSPS) is 19.0. The molecule has 2 aromatic rings. The Hall–Kier alpha value is -2.98. The molecule has 1 saturated heterocycles. The molecule has 0 N–H and O–H groups in total. The van der Waals surface area contributed by atoms with Crippen molar-refractivity contribution in [1.82, 2.24) is 4.90 Å². The monoisotopic (exact) mass is 364 g/mol. The first-order valence-corrected chi connectivity index (χ1v) is 9.16. The van der Waals surface area contributed by atoms with Crippen molar-refractivity contribution in [2.75, 3.05) is 13.1 Å². The molecule has 0 aromatic heterocycles. The van der Waals surface area contributed by atoms with E-state index in [0.29, 0.717) is 25.4 Å².